The molecule has 0 spiro atoms. The zero-order chi connectivity index (χ0) is 32.6. The second-order valence-electron chi connectivity index (χ2n) is 15.6. The summed E-state index contributed by atoms with van der Waals surface area (Å²) in [6.07, 6.45) is 10.4. The van der Waals surface area contributed by atoms with Gasteiger partial charge in [-0.2, -0.15) is 0 Å². The fourth-order valence-corrected chi connectivity index (χ4v) is 9.78. The third kappa shape index (κ3) is 7.05. The van der Waals surface area contributed by atoms with Crippen molar-refractivity contribution in [2.75, 3.05) is 44.6 Å². The minimum atomic E-state index is -0.637. The van der Waals surface area contributed by atoms with E-state index in [2.05, 4.69) is 17.6 Å². The molecule has 4 bridgehead atoms. The Labute approximate surface area is 273 Å². The Kier molecular flexibility index (Phi) is 9.36. The summed E-state index contributed by atoms with van der Waals surface area (Å²) in [5.74, 6) is 1.03. The summed E-state index contributed by atoms with van der Waals surface area (Å²) in [4.78, 5) is 57.5. The van der Waals surface area contributed by atoms with Crippen molar-refractivity contribution in [2.45, 2.75) is 96.9 Å². The molecule has 252 valence electrons. The lowest BCUT2D eigenvalue weighted by Gasteiger charge is -2.61. The summed E-state index contributed by atoms with van der Waals surface area (Å²) < 4.78 is 15.2. The molecule has 6 aliphatic rings. The number of amides is 5. The van der Waals surface area contributed by atoms with E-state index in [1.54, 1.807) is 11.0 Å². The summed E-state index contributed by atoms with van der Waals surface area (Å²) in [7, 11) is 0. The number of hydrogen-bond acceptors (Lipinski definition) is 4. The SMILES string of the molecule is CCC(C)C(=O)N1CCC(CC(=O)N2CCCN(C(=O)c3ccc(NC(=O)NC45C[C@@H]6C[C@@H](CC(C)(C6)C4)C5)c(F)c3)CC2)CC1. The van der Waals surface area contributed by atoms with E-state index in [1.807, 2.05) is 23.6 Å². The molecule has 1 aromatic carbocycles. The van der Waals surface area contributed by atoms with Crippen LogP contribution in [-0.4, -0.2) is 83.3 Å². The topological polar surface area (TPSA) is 102 Å². The van der Waals surface area contributed by atoms with Gasteiger partial charge < -0.3 is 25.3 Å². The highest BCUT2D eigenvalue weighted by molar-refractivity contribution is 5.96. The van der Waals surface area contributed by atoms with Crippen molar-refractivity contribution in [3.63, 3.8) is 0 Å². The van der Waals surface area contributed by atoms with E-state index < -0.39 is 5.82 Å². The molecule has 2 aliphatic heterocycles. The second kappa shape index (κ2) is 13.1. The fourth-order valence-electron chi connectivity index (χ4n) is 9.78. The van der Waals surface area contributed by atoms with E-state index in [-0.39, 0.29) is 57.8 Å². The van der Waals surface area contributed by atoms with Crippen molar-refractivity contribution in [3.8, 4) is 0 Å². The van der Waals surface area contributed by atoms with Gasteiger partial charge in [0, 0.05) is 62.7 Å². The zero-order valence-corrected chi connectivity index (χ0v) is 27.9. The van der Waals surface area contributed by atoms with Crippen molar-refractivity contribution < 1.29 is 23.6 Å². The molecule has 0 radical (unpaired) electrons. The third-order valence-corrected chi connectivity index (χ3v) is 11.8. The van der Waals surface area contributed by atoms with Crippen LogP contribution < -0.4 is 10.6 Å². The number of likely N-dealkylation sites (tertiary alicyclic amines) is 1. The van der Waals surface area contributed by atoms with Gasteiger partial charge >= 0.3 is 6.03 Å². The number of benzene rings is 1. The van der Waals surface area contributed by atoms with Gasteiger partial charge in [-0.1, -0.05) is 20.8 Å². The van der Waals surface area contributed by atoms with Crippen LogP contribution in [0, 0.1) is 34.9 Å². The average Bonchev–Trinajstić information content (AvgIpc) is 3.26. The molecule has 4 aliphatic carbocycles. The van der Waals surface area contributed by atoms with Gasteiger partial charge in [0.1, 0.15) is 5.82 Å². The number of nitrogens with zero attached hydrogens (tertiary/aromatic N) is 3. The van der Waals surface area contributed by atoms with E-state index >= 15 is 4.39 Å². The van der Waals surface area contributed by atoms with Crippen LogP contribution in [0.4, 0.5) is 14.9 Å². The standard InChI is InChI=1S/C36H52FN5O4/c1-4-24(2)32(44)42-12-8-25(9-13-42)17-31(43)40-10-5-11-41(15-14-40)33(45)28-6-7-30(29(37)18-28)38-34(46)39-36-21-26-16-27(22-36)20-35(3,19-26)23-36/h6-7,18,24-27H,4-5,8-17,19-23H2,1-3H3,(H2,38,39,46)/t24?,26-,27+,35?,36?. The number of rotatable bonds is 7. The minimum Gasteiger partial charge on any atom is -0.342 e. The van der Waals surface area contributed by atoms with Gasteiger partial charge in [0.15, 0.2) is 0 Å². The molecule has 7 rings (SSSR count). The molecule has 5 atom stereocenters. The highest BCUT2D eigenvalue weighted by Gasteiger charge is 2.56. The molecule has 0 aromatic heterocycles. The van der Waals surface area contributed by atoms with E-state index in [1.165, 1.54) is 31.4 Å². The normalized spacial score (nSPS) is 30.1. The Balaban J connectivity index is 0.977. The molecule has 2 N–H and O–H groups in total. The maximum atomic E-state index is 15.2. The maximum Gasteiger partial charge on any atom is 0.319 e. The summed E-state index contributed by atoms with van der Waals surface area (Å²) in [6, 6.07) is 3.86. The van der Waals surface area contributed by atoms with Crippen LogP contribution in [0.5, 0.6) is 0 Å². The van der Waals surface area contributed by atoms with Crippen LogP contribution in [0.2, 0.25) is 0 Å². The lowest BCUT2D eigenvalue weighted by molar-refractivity contribution is -0.137. The van der Waals surface area contributed by atoms with Gasteiger partial charge in [0.05, 0.1) is 5.69 Å². The molecule has 2 saturated heterocycles. The van der Waals surface area contributed by atoms with Gasteiger partial charge in [-0.05, 0) is 106 Å². The molecular weight excluding hydrogens is 585 g/mol. The maximum absolute atomic E-state index is 15.2. The Hall–Kier alpha value is -3.17. The fraction of sp³-hybridized carbons (Fsp3) is 0.722. The first-order valence-corrected chi connectivity index (χ1v) is 17.7. The van der Waals surface area contributed by atoms with E-state index in [9.17, 15) is 19.2 Å². The highest BCUT2D eigenvalue weighted by atomic mass is 19.1. The van der Waals surface area contributed by atoms with Gasteiger partial charge in [0.2, 0.25) is 11.8 Å². The lowest BCUT2D eigenvalue weighted by Crippen LogP contribution is -2.63. The molecule has 4 saturated carbocycles. The monoisotopic (exact) mass is 637 g/mol. The predicted molar refractivity (Wildman–Crippen MR) is 175 cm³/mol. The van der Waals surface area contributed by atoms with E-state index in [0.717, 1.165) is 38.5 Å². The van der Waals surface area contributed by atoms with Crippen LogP contribution in [-0.2, 0) is 9.59 Å². The largest absolute Gasteiger partial charge is 0.342 e. The quantitative estimate of drug-likeness (QED) is 0.403. The van der Waals surface area contributed by atoms with Crippen LogP contribution in [0.3, 0.4) is 0 Å². The first kappa shape index (κ1) is 32.8. The number of nitrogens with one attached hydrogen (secondary N) is 2. The van der Waals surface area contributed by atoms with Gasteiger partial charge in [-0.25, -0.2) is 9.18 Å². The predicted octanol–water partition coefficient (Wildman–Crippen LogP) is 5.66. The van der Waals surface area contributed by atoms with Crippen molar-refractivity contribution in [1.29, 1.82) is 0 Å². The van der Waals surface area contributed by atoms with Crippen LogP contribution in [0.15, 0.2) is 18.2 Å². The second-order valence-corrected chi connectivity index (χ2v) is 15.6. The molecular formula is C36H52FN5O4. The molecule has 2 heterocycles. The molecule has 3 unspecified atom stereocenters. The van der Waals surface area contributed by atoms with Crippen LogP contribution >= 0.6 is 0 Å². The van der Waals surface area contributed by atoms with Crippen molar-refractivity contribution >= 4 is 29.4 Å². The molecule has 10 heteroatoms. The highest BCUT2D eigenvalue weighted by Crippen LogP contribution is 2.61. The Morgan fingerprint density at radius 1 is 0.935 bits per heavy atom. The molecule has 1 aromatic rings. The Morgan fingerprint density at radius 2 is 1.61 bits per heavy atom. The number of carbonyl (C=O) groups is 4. The van der Waals surface area contributed by atoms with Gasteiger partial charge in [0.25, 0.3) is 5.91 Å². The number of piperidine rings is 1. The summed E-state index contributed by atoms with van der Waals surface area (Å²) in [6.45, 7) is 9.67. The summed E-state index contributed by atoms with van der Waals surface area (Å²) >= 11 is 0. The summed E-state index contributed by atoms with van der Waals surface area (Å²) in [5.41, 5.74) is 0.376. The minimum absolute atomic E-state index is 0.0401. The first-order valence-electron chi connectivity index (χ1n) is 17.7. The number of halogens is 1. The number of hydrogen-bond donors (Lipinski definition) is 2. The molecule has 6 fully saturated rings. The van der Waals surface area contributed by atoms with Crippen molar-refractivity contribution in [3.05, 3.63) is 29.6 Å². The van der Waals surface area contributed by atoms with Crippen molar-refractivity contribution in [1.82, 2.24) is 20.0 Å². The number of carbonyl (C=O) groups excluding carboxylic acids is 4. The van der Waals surface area contributed by atoms with E-state index in [4.69, 9.17) is 0 Å². The first-order chi connectivity index (χ1) is 21.9. The number of urea groups is 1. The van der Waals surface area contributed by atoms with Crippen molar-refractivity contribution in [2.24, 2.45) is 29.1 Å². The molecule has 46 heavy (non-hydrogen) atoms. The third-order valence-electron chi connectivity index (χ3n) is 11.8. The average molecular weight is 638 g/mol. The van der Waals surface area contributed by atoms with Crippen LogP contribution in [0.1, 0.15) is 102 Å². The van der Waals surface area contributed by atoms with Crippen LogP contribution in [0.25, 0.3) is 0 Å². The Bertz CT molecular complexity index is 1330. The molecule has 5 amide bonds. The summed E-state index contributed by atoms with van der Waals surface area (Å²) in [5, 5.41) is 5.94. The zero-order valence-electron chi connectivity index (χ0n) is 27.9. The molecule has 9 nitrogen and oxygen atoms in total. The Morgan fingerprint density at radius 3 is 2.26 bits per heavy atom. The van der Waals surface area contributed by atoms with Gasteiger partial charge in [-0.3, -0.25) is 14.4 Å². The smallest absolute Gasteiger partial charge is 0.319 e. The van der Waals surface area contributed by atoms with E-state index in [0.29, 0.717) is 63.9 Å². The lowest BCUT2D eigenvalue weighted by atomic mass is 9.47. The van der Waals surface area contributed by atoms with Gasteiger partial charge in [-0.15, -0.1) is 0 Å². The number of anilines is 1.